The molecule has 27 heavy (non-hydrogen) atoms. The Kier molecular flexibility index (Phi) is 10.1. The zero-order valence-electron chi connectivity index (χ0n) is 15.9. The molecule has 3 rings (SSSR count). The first-order valence-corrected chi connectivity index (χ1v) is 10.4. The number of hydrogen-bond donors (Lipinski definition) is 2. The van der Waals surface area contributed by atoms with E-state index in [2.05, 4.69) is 51.0 Å². The van der Waals surface area contributed by atoms with Gasteiger partial charge in [-0.05, 0) is 56.4 Å². The lowest BCUT2D eigenvalue weighted by Gasteiger charge is -2.25. The van der Waals surface area contributed by atoms with E-state index in [1.807, 2.05) is 29.7 Å². The molecule has 1 aliphatic rings. The summed E-state index contributed by atoms with van der Waals surface area (Å²) >= 11 is 1.84. The molecule has 1 fully saturated rings. The summed E-state index contributed by atoms with van der Waals surface area (Å²) in [6, 6.07) is 10.8. The maximum Gasteiger partial charge on any atom is 0.191 e. The lowest BCUT2D eigenvalue weighted by Crippen LogP contribution is -2.39. The summed E-state index contributed by atoms with van der Waals surface area (Å²) in [5.41, 5.74) is 1.10. The Bertz CT molecular complexity index is 656. The molecule has 0 aliphatic carbocycles. The summed E-state index contributed by atoms with van der Waals surface area (Å²) in [5.74, 6) is 0.893. The zero-order chi connectivity index (χ0) is 18.0. The fourth-order valence-corrected chi connectivity index (χ4v) is 4.15. The van der Waals surface area contributed by atoms with E-state index in [1.165, 1.54) is 30.8 Å². The molecule has 5 nitrogen and oxygen atoms in total. The van der Waals surface area contributed by atoms with Gasteiger partial charge in [0.05, 0.1) is 12.6 Å². The number of nitrogens with zero attached hydrogens (tertiary/aromatic N) is 3. The summed E-state index contributed by atoms with van der Waals surface area (Å²) in [7, 11) is 0. The smallest absolute Gasteiger partial charge is 0.191 e. The Morgan fingerprint density at radius 2 is 2.07 bits per heavy atom. The van der Waals surface area contributed by atoms with Crippen molar-refractivity contribution in [2.75, 3.05) is 32.7 Å². The number of nitrogens with one attached hydrogen (secondary N) is 2. The number of likely N-dealkylation sites (tertiary alicyclic amines) is 1. The molecule has 148 valence electrons. The maximum atomic E-state index is 4.88. The first kappa shape index (κ1) is 22.1. The molecule has 2 aromatic rings. The standard InChI is InChI=1S/C20H29N5S.HI/c1-2-21-20(23-12-10-17-8-3-4-11-22-17)24-16-18(19-9-7-15-26-19)25-13-5-6-14-25;/h3-4,7-9,11,15,18H,2,5-6,10,12-14,16H2,1H3,(H2,21,23,24);1H. The van der Waals surface area contributed by atoms with Gasteiger partial charge in [-0.25, -0.2) is 0 Å². The predicted molar refractivity (Wildman–Crippen MR) is 125 cm³/mol. The number of hydrogen-bond acceptors (Lipinski definition) is 4. The molecular formula is C20H30IN5S. The van der Waals surface area contributed by atoms with Crippen LogP contribution in [-0.2, 0) is 6.42 Å². The van der Waals surface area contributed by atoms with Crippen molar-refractivity contribution < 1.29 is 0 Å². The molecule has 0 spiro atoms. The number of pyridine rings is 1. The minimum Gasteiger partial charge on any atom is -0.357 e. The van der Waals surface area contributed by atoms with Gasteiger partial charge in [0.25, 0.3) is 0 Å². The van der Waals surface area contributed by atoms with Crippen molar-refractivity contribution in [3.8, 4) is 0 Å². The Hall–Kier alpha value is -1.19. The Balaban J connectivity index is 0.00000261. The Labute approximate surface area is 183 Å². The summed E-state index contributed by atoms with van der Waals surface area (Å²) in [4.78, 5) is 13.3. The van der Waals surface area contributed by atoms with E-state index in [0.29, 0.717) is 6.04 Å². The van der Waals surface area contributed by atoms with Crippen LogP contribution in [0.4, 0.5) is 0 Å². The third-order valence-corrected chi connectivity index (χ3v) is 5.59. The molecule has 0 aromatic carbocycles. The monoisotopic (exact) mass is 499 g/mol. The van der Waals surface area contributed by atoms with Crippen molar-refractivity contribution in [2.45, 2.75) is 32.2 Å². The first-order valence-electron chi connectivity index (χ1n) is 9.56. The molecule has 1 saturated heterocycles. The number of guanidine groups is 1. The molecular weight excluding hydrogens is 469 g/mol. The van der Waals surface area contributed by atoms with E-state index >= 15 is 0 Å². The van der Waals surface area contributed by atoms with Gasteiger partial charge in [0, 0.05) is 36.3 Å². The number of rotatable bonds is 8. The Morgan fingerprint density at radius 1 is 1.22 bits per heavy atom. The fraction of sp³-hybridized carbons (Fsp3) is 0.500. The minimum atomic E-state index is 0. The molecule has 2 aromatic heterocycles. The zero-order valence-corrected chi connectivity index (χ0v) is 19.1. The van der Waals surface area contributed by atoms with Crippen molar-refractivity contribution >= 4 is 41.3 Å². The molecule has 1 unspecified atom stereocenters. The molecule has 7 heteroatoms. The van der Waals surface area contributed by atoms with Gasteiger partial charge >= 0.3 is 0 Å². The average molecular weight is 499 g/mol. The van der Waals surface area contributed by atoms with Gasteiger partial charge in [0.2, 0.25) is 0 Å². The van der Waals surface area contributed by atoms with Crippen LogP contribution in [0.2, 0.25) is 0 Å². The third kappa shape index (κ3) is 7.04. The van der Waals surface area contributed by atoms with E-state index in [0.717, 1.165) is 37.7 Å². The summed E-state index contributed by atoms with van der Waals surface area (Å²) in [6.07, 6.45) is 5.34. The van der Waals surface area contributed by atoms with Crippen molar-refractivity contribution in [1.29, 1.82) is 0 Å². The van der Waals surface area contributed by atoms with Gasteiger partial charge in [0.1, 0.15) is 0 Å². The van der Waals surface area contributed by atoms with E-state index in [1.54, 1.807) is 0 Å². The van der Waals surface area contributed by atoms with Crippen molar-refractivity contribution in [2.24, 2.45) is 4.99 Å². The first-order chi connectivity index (χ1) is 12.9. The molecule has 2 N–H and O–H groups in total. The van der Waals surface area contributed by atoms with Crippen LogP contribution in [0.5, 0.6) is 0 Å². The quantitative estimate of drug-likeness (QED) is 0.331. The molecule has 0 bridgehead atoms. The second-order valence-corrected chi connectivity index (χ2v) is 7.47. The van der Waals surface area contributed by atoms with E-state index in [9.17, 15) is 0 Å². The normalized spacial score (nSPS) is 16.0. The molecule has 3 heterocycles. The van der Waals surface area contributed by atoms with E-state index in [-0.39, 0.29) is 24.0 Å². The van der Waals surface area contributed by atoms with Crippen LogP contribution in [-0.4, -0.2) is 48.6 Å². The van der Waals surface area contributed by atoms with Crippen LogP contribution < -0.4 is 10.6 Å². The highest BCUT2D eigenvalue weighted by Gasteiger charge is 2.24. The molecule has 0 saturated carbocycles. The van der Waals surface area contributed by atoms with Crippen LogP contribution in [0.25, 0.3) is 0 Å². The third-order valence-electron chi connectivity index (χ3n) is 4.62. The van der Waals surface area contributed by atoms with Gasteiger partial charge in [-0.15, -0.1) is 35.3 Å². The number of aromatic nitrogens is 1. The SMILES string of the molecule is CCNC(=NCC(c1cccs1)N1CCCC1)NCCc1ccccn1.I. The van der Waals surface area contributed by atoms with Crippen molar-refractivity contribution in [1.82, 2.24) is 20.5 Å². The van der Waals surface area contributed by atoms with E-state index in [4.69, 9.17) is 4.99 Å². The average Bonchev–Trinajstić information content (AvgIpc) is 3.37. The highest BCUT2D eigenvalue weighted by atomic mass is 127. The van der Waals surface area contributed by atoms with Crippen LogP contribution in [0.1, 0.15) is 36.4 Å². The van der Waals surface area contributed by atoms with E-state index < -0.39 is 0 Å². The second kappa shape index (κ2) is 12.3. The molecule has 0 radical (unpaired) electrons. The summed E-state index contributed by atoms with van der Waals surface area (Å²) < 4.78 is 0. The van der Waals surface area contributed by atoms with Gasteiger partial charge in [0.15, 0.2) is 5.96 Å². The van der Waals surface area contributed by atoms with Crippen LogP contribution in [0.3, 0.4) is 0 Å². The summed E-state index contributed by atoms with van der Waals surface area (Å²) in [5, 5.41) is 8.97. The van der Waals surface area contributed by atoms with Gasteiger partial charge in [-0.1, -0.05) is 12.1 Å². The highest BCUT2D eigenvalue weighted by Crippen LogP contribution is 2.28. The number of halogens is 1. The van der Waals surface area contributed by atoms with Crippen LogP contribution in [0.15, 0.2) is 46.9 Å². The van der Waals surface area contributed by atoms with Crippen molar-refractivity contribution in [3.05, 3.63) is 52.5 Å². The van der Waals surface area contributed by atoms with Gasteiger partial charge < -0.3 is 10.6 Å². The van der Waals surface area contributed by atoms with Gasteiger partial charge in [-0.3, -0.25) is 14.9 Å². The maximum absolute atomic E-state index is 4.88. The largest absolute Gasteiger partial charge is 0.357 e. The lowest BCUT2D eigenvalue weighted by molar-refractivity contribution is 0.255. The topological polar surface area (TPSA) is 52.6 Å². The van der Waals surface area contributed by atoms with Crippen LogP contribution >= 0.6 is 35.3 Å². The Morgan fingerprint density at radius 3 is 2.74 bits per heavy atom. The number of aliphatic imine (C=N–C) groups is 1. The molecule has 0 amide bonds. The lowest BCUT2D eigenvalue weighted by atomic mass is 10.2. The highest BCUT2D eigenvalue weighted by molar-refractivity contribution is 14.0. The molecule has 1 atom stereocenters. The number of thiophene rings is 1. The van der Waals surface area contributed by atoms with Crippen molar-refractivity contribution in [3.63, 3.8) is 0 Å². The fourth-order valence-electron chi connectivity index (χ4n) is 3.29. The second-order valence-electron chi connectivity index (χ2n) is 6.49. The van der Waals surface area contributed by atoms with Gasteiger partial charge in [-0.2, -0.15) is 0 Å². The minimum absolute atomic E-state index is 0. The predicted octanol–water partition coefficient (Wildman–Crippen LogP) is 3.70. The molecule has 1 aliphatic heterocycles. The summed E-state index contributed by atoms with van der Waals surface area (Å²) in [6.45, 7) is 6.95. The van der Waals surface area contributed by atoms with Crippen LogP contribution in [0, 0.1) is 0 Å².